The number of amides is 1. The first kappa shape index (κ1) is 22.8. The van der Waals surface area contributed by atoms with Gasteiger partial charge in [0.1, 0.15) is 11.5 Å². The summed E-state index contributed by atoms with van der Waals surface area (Å²) < 4.78 is 49.5. The van der Waals surface area contributed by atoms with Crippen LogP contribution in [0.3, 0.4) is 0 Å². The second kappa shape index (κ2) is 9.81. The SMILES string of the molecule is CCCOc1ccc(C(F)(F)F)cc1NCC(=O)Nc1ccc([N+](=O)[O-])cc1OC. The number of non-ortho nitro benzene ring substituents is 1. The molecule has 2 aromatic rings. The Kier molecular flexibility index (Phi) is 7.45. The summed E-state index contributed by atoms with van der Waals surface area (Å²) in [7, 11) is 1.28. The van der Waals surface area contributed by atoms with Crippen LogP contribution in [0.25, 0.3) is 0 Å². The molecule has 162 valence electrons. The Morgan fingerprint density at radius 1 is 1.13 bits per heavy atom. The van der Waals surface area contributed by atoms with Crippen LogP contribution in [0.2, 0.25) is 0 Å². The van der Waals surface area contributed by atoms with Crippen LogP contribution in [-0.4, -0.2) is 31.1 Å². The minimum Gasteiger partial charge on any atom is -0.494 e. The third-order valence-corrected chi connectivity index (χ3v) is 3.88. The highest BCUT2D eigenvalue weighted by atomic mass is 19.4. The fourth-order valence-corrected chi connectivity index (χ4v) is 2.45. The fourth-order valence-electron chi connectivity index (χ4n) is 2.45. The molecule has 1 amide bonds. The summed E-state index contributed by atoms with van der Waals surface area (Å²) in [6, 6.07) is 6.59. The van der Waals surface area contributed by atoms with Crippen LogP contribution < -0.4 is 20.1 Å². The largest absolute Gasteiger partial charge is 0.494 e. The molecule has 0 bridgehead atoms. The van der Waals surface area contributed by atoms with Gasteiger partial charge in [-0.15, -0.1) is 0 Å². The van der Waals surface area contributed by atoms with E-state index in [2.05, 4.69) is 10.6 Å². The summed E-state index contributed by atoms with van der Waals surface area (Å²) in [5.41, 5.74) is -0.901. The maximum Gasteiger partial charge on any atom is 0.416 e. The molecule has 0 saturated carbocycles. The van der Waals surface area contributed by atoms with Gasteiger partial charge in [-0.25, -0.2) is 0 Å². The van der Waals surface area contributed by atoms with Gasteiger partial charge in [0.05, 0.1) is 48.2 Å². The number of hydrogen-bond acceptors (Lipinski definition) is 6. The molecule has 0 fully saturated rings. The number of anilines is 2. The number of nitrogens with one attached hydrogen (secondary N) is 2. The summed E-state index contributed by atoms with van der Waals surface area (Å²) in [6.45, 7) is 1.78. The van der Waals surface area contributed by atoms with E-state index in [1.54, 1.807) is 0 Å². The number of benzene rings is 2. The zero-order chi connectivity index (χ0) is 22.3. The number of nitro benzene ring substituents is 1. The van der Waals surface area contributed by atoms with Crippen LogP contribution >= 0.6 is 0 Å². The standard InChI is InChI=1S/C19H20F3N3O5/c1-3-8-30-16-7-4-12(19(20,21)22)9-15(16)23-11-18(26)24-14-6-5-13(25(27)28)10-17(14)29-2/h4-7,9-10,23H,3,8,11H2,1-2H3,(H,24,26). The monoisotopic (exact) mass is 427 g/mol. The lowest BCUT2D eigenvalue weighted by molar-refractivity contribution is -0.384. The second-order valence-electron chi connectivity index (χ2n) is 6.10. The van der Waals surface area contributed by atoms with Crippen LogP contribution in [0.15, 0.2) is 36.4 Å². The number of nitro groups is 1. The molecule has 0 radical (unpaired) electrons. The predicted molar refractivity (Wildman–Crippen MR) is 104 cm³/mol. The number of methoxy groups -OCH3 is 1. The average molecular weight is 427 g/mol. The molecule has 0 saturated heterocycles. The van der Waals surface area contributed by atoms with Gasteiger partial charge in [-0.2, -0.15) is 13.2 Å². The summed E-state index contributed by atoms with van der Waals surface area (Å²) in [5.74, 6) is -0.338. The van der Waals surface area contributed by atoms with E-state index in [1.165, 1.54) is 25.3 Å². The highest BCUT2D eigenvalue weighted by Crippen LogP contribution is 2.35. The van der Waals surface area contributed by atoms with Crippen molar-refractivity contribution in [2.24, 2.45) is 0 Å². The third-order valence-electron chi connectivity index (χ3n) is 3.88. The molecule has 0 heterocycles. The van der Waals surface area contributed by atoms with Crippen LogP contribution in [0.5, 0.6) is 11.5 Å². The molecule has 2 N–H and O–H groups in total. The molecule has 0 aliphatic carbocycles. The number of halogens is 3. The van der Waals surface area contributed by atoms with Gasteiger partial charge < -0.3 is 20.1 Å². The summed E-state index contributed by atoms with van der Waals surface area (Å²) in [4.78, 5) is 22.5. The normalized spacial score (nSPS) is 11.0. The van der Waals surface area contributed by atoms with Gasteiger partial charge in [-0.3, -0.25) is 14.9 Å². The first-order valence-electron chi connectivity index (χ1n) is 8.86. The minimum absolute atomic E-state index is 0.0177. The average Bonchev–Trinajstić information content (AvgIpc) is 2.70. The molecule has 11 heteroatoms. The van der Waals surface area contributed by atoms with Crippen LogP contribution in [0.4, 0.5) is 30.2 Å². The number of alkyl halides is 3. The van der Waals surface area contributed by atoms with Crippen molar-refractivity contribution in [3.8, 4) is 11.5 Å². The molecule has 30 heavy (non-hydrogen) atoms. The zero-order valence-electron chi connectivity index (χ0n) is 16.2. The number of hydrogen-bond donors (Lipinski definition) is 2. The predicted octanol–water partition coefficient (Wildman–Crippen LogP) is 4.46. The number of nitrogens with zero attached hydrogens (tertiary/aromatic N) is 1. The Morgan fingerprint density at radius 3 is 2.47 bits per heavy atom. The Bertz CT molecular complexity index is 919. The zero-order valence-corrected chi connectivity index (χ0v) is 16.2. The van der Waals surface area contributed by atoms with E-state index in [0.717, 1.165) is 18.2 Å². The Labute approximate surface area is 170 Å². The number of carbonyl (C=O) groups is 1. The first-order chi connectivity index (χ1) is 14.2. The Morgan fingerprint density at radius 2 is 1.87 bits per heavy atom. The van der Waals surface area contributed by atoms with Crippen LogP contribution in [0, 0.1) is 10.1 Å². The lowest BCUT2D eigenvalue weighted by atomic mass is 10.1. The third kappa shape index (κ3) is 6.00. The van der Waals surface area contributed by atoms with E-state index in [4.69, 9.17) is 9.47 Å². The quantitative estimate of drug-likeness (QED) is 0.452. The molecule has 8 nitrogen and oxygen atoms in total. The maximum atomic E-state index is 13.0. The van der Waals surface area contributed by atoms with Crippen molar-refractivity contribution in [3.63, 3.8) is 0 Å². The van der Waals surface area contributed by atoms with Gasteiger partial charge >= 0.3 is 6.18 Å². The molecule has 0 aliphatic rings. The molecule has 0 aliphatic heterocycles. The first-order valence-corrected chi connectivity index (χ1v) is 8.86. The molecule has 0 unspecified atom stereocenters. The Balaban J connectivity index is 2.14. The molecular weight excluding hydrogens is 407 g/mol. The van der Waals surface area contributed by atoms with Crippen LogP contribution in [-0.2, 0) is 11.0 Å². The molecule has 2 aromatic carbocycles. The van der Waals surface area contributed by atoms with Gasteiger partial charge in [0, 0.05) is 6.07 Å². The van der Waals surface area contributed by atoms with Crippen molar-refractivity contribution >= 4 is 23.0 Å². The number of carbonyl (C=O) groups excluding carboxylic acids is 1. The molecule has 2 rings (SSSR count). The highest BCUT2D eigenvalue weighted by molar-refractivity contribution is 5.95. The molecule has 0 spiro atoms. The van der Waals surface area contributed by atoms with Crippen molar-refractivity contribution in [1.82, 2.24) is 0 Å². The van der Waals surface area contributed by atoms with Crippen molar-refractivity contribution in [1.29, 1.82) is 0 Å². The van der Waals surface area contributed by atoms with Gasteiger partial charge in [0.15, 0.2) is 0 Å². The topological polar surface area (TPSA) is 103 Å². The summed E-state index contributed by atoms with van der Waals surface area (Å²) in [6.07, 6.45) is -3.89. The number of ether oxygens (including phenoxy) is 2. The fraction of sp³-hybridized carbons (Fsp3) is 0.316. The maximum absolute atomic E-state index is 13.0. The van der Waals surface area contributed by atoms with Crippen molar-refractivity contribution < 1.29 is 32.4 Å². The van der Waals surface area contributed by atoms with Gasteiger partial charge in [-0.05, 0) is 30.7 Å². The van der Waals surface area contributed by atoms with E-state index < -0.39 is 22.6 Å². The van der Waals surface area contributed by atoms with Gasteiger partial charge in [0.2, 0.25) is 5.91 Å². The number of rotatable bonds is 9. The molecular formula is C19H20F3N3O5. The van der Waals surface area contributed by atoms with Gasteiger partial charge in [-0.1, -0.05) is 6.92 Å². The van der Waals surface area contributed by atoms with Crippen molar-refractivity contribution in [2.45, 2.75) is 19.5 Å². The van der Waals surface area contributed by atoms with E-state index in [-0.39, 0.29) is 35.1 Å². The lowest BCUT2D eigenvalue weighted by Gasteiger charge is -2.16. The van der Waals surface area contributed by atoms with E-state index >= 15 is 0 Å². The van der Waals surface area contributed by atoms with E-state index in [9.17, 15) is 28.1 Å². The Hall–Kier alpha value is -3.50. The smallest absolute Gasteiger partial charge is 0.416 e. The summed E-state index contributed by atoms with van der Waals surface area (Å²) >= 11 is 0. The summed E-state index contributed by atoms with van der Waals surface area (Å²) in [5, 5.41) is 16.0. The van der Waals surface area contributed by atoms with Crippen molar-refractivity contribution in [2.75, 3.05) is 30.9 Å². The van der Waals surface area contributed by atoms with Crippen molar-refractivity contribution in [3.05, 3.63) is 52.1 Å². The molecule has 0 atom stereocenters. The molecule has 0 aromatic heterocycles. The van der Waals surface area contributed by atoms with E-state index in [1.807, 2.05) is 6.92 Å². The minimum atomic E-state index is -4.55. The highest BCUT2D eigenvalue weighted by Gasteiger charge is 2.31. The van der Waals surface area contributed by atoms with E-state index in [0.29, 0.717) is 13.0 Å². The lowest BCUT2D eigenvalue weighted by Crippen LogP contribution is -2.22. The van der Waals surface area contributed by atoms with Crippen LogP contribution in [0.1, 0.15) is 18.9 Å². The van der Waals surface area contributed by atoms with Gasteiger partial charge in [0.25, 0.3) is 5.69 Å². The second-order valence-corrected chi connectivity index (χ2v) is 6.10.